The van der Waals surface area contributed by atoms with Gasteiger partial charge in [0.05, 0.1) is 25.5 Å². The summed E-state index contributed by atoms with van der Waals surface area (Å²) in [7, 11) is 1.26. The van der Waals surface area contributed by atoms with Gasteiger partial charge in [0.2, 0.25) is 5.89 Å². The van der Waals surface area contributed by atoms with Crippen molar-refractivity contribution in [2.75, 3.05) is 7.11 Å². The number of oxazole rings is 1. The van der Waals surface area contributed by atoms with Crippen LogP contribution < -0.4 is 4.74 Å². The number of methoxy groups -OCH3 is 1. The lowest BCUT2D eigenvalue weighted by Gasteiger charge is -2.12. The number of aryl methyl sites for hydroxylation is 3. The lowest BCUT2D eigenvalue weighted by Crippen LogP contribution is -2.12. The monoisotopic (exact) mass is 597 g/mol. The van der Waals surface area contributed by atoms with Crippen molar-refractivity contribution in [2.24, 2.45) is 0 Å². The molecule has 226 valence electrons. The normalized spacial score (nSPS) is 11.6. The molecule has 0 unspecified atom stereocenters. The number of nitrogens with zero attached hydrogens (tertiary/aromatic N) is 3. The van der Waals surface area contributed by atoms with Crippen molar-refractivity contribution in [2.45, 2.75) is 52.1 Å². The van der Waals surface area contributed by atoms with E-state index in [-0.39, 0.29) is 26.1 Å². The standard InChI is InChI=1S/C31H30F3N3O6/c1-21-17-26(41-18-25-19-42-28(36-25)10-5-22-3-7-24(8-4-22)31(32,33)34)9-6-23(21)13-15-37-16-14-35-27(37)20-43-30(39)12-11-29(38)40-2/h3-10,14,16-17,19H,11-13,15,18,20H2,1-2H3/b10-5+. The Morgan fingerprint density at radius 2 is 1.79 bits per heavy atom. The number of aromatic nitrogens is 3. The molecule has 0 aliphatic heterocycles. The van der Waals surface area contributed by atoms with Gasteiger partial charge in [-0.05, 0) is 60.4 Å². The van der Waals surface area contributed by atoms with Gasteiger partial charge in [0.25, 0.3) is 0 Å². The Balaban J connectivity index is 1.24. The van der Waals surface area contributed by atoms with Crippen molar-refractivity contribution >= 4 is 24.1 Å². The third kappa shape index (κ3) is 9.32. The summed E-state index contributed by atoms with van der Waals surface area (Å²) in [6, 6.07) is 10.6. The number of benzene rings is 2. The zero-order valence-corrected chi connectivity index (χ0v) is 23.6. The first-order chi connectivity index (χ1) is 20.6. The van der Waals surface area contributed by atoms with Gasteiger partial charge in [-0.25, -0.2) is 9.97 Å². The lowest BCUT2D eigenvalue weighted by atomic mass is 10.1. The minimum absolute atomic E-state index is 0.00732. The van der Waals surface area contributed by atoms with Gasteiger partial charge in [0.15, 0.2) is 0 Å². The van der Waals surface area contributed by atoms with Crippen molar-refractivity contribution < 1.29 is 41.4 Å². The van der Waals surface area contributed by atoms with Crippen molar-refractivity contribution in [3.63, 3.8) is 0 Å². The number of carbonyl (C=O) groups excluding carboxylic acids is 2. The molecular weight excluding hydrogens is 567 g/mol. The summed E-state index contributed by atoms with van der Waals surface area (Å²) in [5, 5.41) is 0. The van der Waals surface area contributed by atoms with Gasteiger partial charge >= 0.3 is 18.1 Å². The van der Waals surface area contributed by atoms with Crippen LogP contribution in [0.25, 0.3) is 12.2 Å². The highest BCUT2D eigenvalue weighted by molar-refractivity contribution is 5.77. The van der Waals surface area contributed by atoms with E-state index >= 15 is 0 Å². The summed E-state index contributed by atoms with van der Waals surface area (Å²) >= 11 is 0. The van der Waals surface area contributed by atoms with E-state index in [1.54, 1.807) is 18.3 Å². The second kappa shape index (κ2) is 14.3. The maximum Gasteiger partial charge on any atom is 0.416 e. The molecule has 2 aromatic carbocycles. The molecule has 2 heterocycles. The summed E-state index contributed by atoms with van der Waals surface area (Å²) in [5.74, 6) is 0.601. The molecule has 0 radical (unpaired) electrons. The van der Waals surface area contributed by atoms with Crippen LogP contribution in [0.2, 0.25) is 0 Å². The minimum atomic E-state index is -4.38. The van der Waals surface area contributed by atoms with Gasteiger partial charge in [-0.15, -0.1) is 0 Å². The maximum atomic E-state index is 12.7. The van der Waals surface area contributed by atoms with Gasteiger partial charge in [-0.3, -0.25) is 9.59 Å². The summed E-state index contributed by atoms with van der Waals surface area (Å²) in [5.41, 5.74) is 2.58. The number of esters is 2. The lowest BCUT2D eigenvalue weighted by molar-refractivity contribution is -0.150. The highest BCUT2D eigenvalue weighted by Crippen LogP contribution is 2.29. The average Bonchev–Trinajstić information content (AvgIpc) is 3.65. The molecule has 4 rings (SSSR count). The van der Waals surface area contributed by atoms with E-state index in [2.05, 4.69) is 14.7 Å². The van der Waals surface area contributed by atoms with E-state index in [1.807, 2.05) is 35.9 Å². The number of hydrogen-bond donors (Lipinski definition) is 0. The van der Waals surface area contributed by atoms with Gasteiger partial charge in [0.1, 0.15) is 36.7 Å². The van der Waals surface area contributed by atoms with Crippen LogP contribution >= 0.6 is 0 Å². The Bertz CT molecular complexity index is 1560. The van der Waals surface area contributed by atoms with Crippen molar-refractivity contribution in [3.05, 3.63) is 101 Å². The largest absolute Gasteiger partial charge is 0.487 e. The fourth-order valence-electron chi connectivity index (χ4n) is 4.06. The van der Waals surface area contributed by atoms with E-state index in [0.717, 1.165) is 23.3 Å². The zero-order chi connectivity index (χ0) is 30.8. The molecule has 0 fully saturated rings. The second-order valence-corrected chi connectivity index (χ2v) is 9.53. The fraction of sp³-hybridized carbons (Fsp3) is 0.290. The second-order valence-electron chi connectivity index (χ2n) is 9.53. The molecule has 0 aliphatic carbocycles. The van der Waals surface area contributed by atoms with E-state index in [0.29, 0.717) is 41.7 Å². The van der Waals surface area contributed by atoms with Gasteiger partial charge < -0.3 is 23.2 Å². The molecule has 12 heteroatoms. The predicted octanol–water partition coefficient (Wildman–Crippen LogP) is 6.19. The van der Waals surface area contributed by atoms with Crippen LogP contribution in [0, 0.1) is 6.92 Å². The predicted molar refractivity (Wildman–Crippen MR) is 149 cm³/mol. The molecule has 0 atom stereocenters. The van der Waals surface area contributed by atoms with Crippen LogP contribution in [0.15, 0.2) is 65.5 Å². The van der Waals surface area contributed by atoms with Crippen LogP contribution in [-0.2, 0) is 51.4 Å². The first-order valence-electron chi connectivity index (χ1n) is 13.3. The topological polar surface area (TPSA) is 106 Å². The van der Waals surface area contributed by atoms with Crippen LogP contribution in [0.5, 0.6) is 5.75 Å². The highest BCUT2D eigenvalue weighted by Gasteiger charge is 2.29. The number of ether oxygens (including phenoxy) is 3. The molecule has 43 heavy (non-hydrogen) atoms. The molecule has 9 nitrogen and oxygen atoms in total. The van der Waals surface area contributed by atoms with Crippen LogP contribution in [-0.4, -0.2) is 33.6 Å². The number of alkyl halides is 3. The highest BCUT2D eigenvalue weighted by atomic mass is 19.4. The Hall–Kier alpha value is -4.87. The molecule has 0 spiro atoms. The molecule has 4 aromatic rings. The smallest absolute Gasteiger partial charge is 0.416 e. The molecule has 0 N–H and O–H groups in total. The molecule has 2 aromatic heterocycles. The number of hydrogen-bond acceptors (Lipinski definition) is 8. The molecule has 0 saturated heterocycles. The Labute approximate surface area is 245 Å². The van der Waals surface area contributed by atoms with Gasteiger partial charge in [0, 0.05) is 25.0 Å². The number of imidazole rings is 1. The van der Waals surface area contributed by atoms with Crippen molar-refractivity contribution in [3.8, 4) is 5.75 Å². The van der Waals surface area contributed by atoms with Crippen LogP contribution in [0.3, 0.4) is 0 Å². The van der Waals surface area contributed by atoms with E-state index in [9.17, 15) is 22.8 Å². The first kappa shape index (κ1) is 31.1. The summed E-state index contributed by atoms with van der Waals surface area (Å²) < 4.78 is 61.1. The molecule has 0 aliphatic rings. The zero-order valence-electron chi connectivity index (χ0n) is 23.6. The van der Waals surface area contributed by atoms with E-state index in [4.69, 9.17) is 13.9 Å². The van der Waals surface area contributed by atoms with Crippen molar-refractivity contribution in [1.82, 2.24) is 14.5 Å². The van der Waals surface area contributed by atoms with E-state index < -0.39 is 23.7 Å². The SMILES string of the molecule is COC(=O)CCC(=O)OCc1nccn1CCc1ccc(OCc2coc(/C=C/c3ccc(C(F)(F)F)cc3)n2)cc1C. The maximum absolute atomic E-state index is 12.7. The molecular formula is C31H30F3N3O6. The Kier molecular flexibility index (Phi) is 10.4. The Morgan fingerprint density at radius 3 is 2.51 bits per heavy atom. The quantitative estimate of drug-likeness (QED) is 0.168. The summed E-state index contributed by atoms with van der Waals surface area (Å²) in [4.78, 5) is 31.6. The molecule has 0 saturated carbocycles. The van der Waals surface area contributed by atoms with Gasteiger partial charge in [-0.2, -0.15) is 13.2 Å². The average molecular weight is 598 g/mol. The van der Waals surface area contributed by atoms with Crippen molar-refractivity contribution in [1.29, 1.82) is 0 Å². The van der Waals surface area contributed by atoms with E-state index in [1.165, 1.54) is 25.5 Å². The number of rotatable bonds is 13. The molecule has 0 bridgehead atoms. The third-order valence-electron chi connectivity index (χ3n) is 6.47. The van der Waals surface area contributed by atoms with Gasteiger partial charge in [-0.1, -0.05) is 18.2 Å². The van der Waals surface area contributed by atoms with Crippen LogP contribution in [0.4, 0.5) is 13.2 Å². The van der Waals surface area contributed by atoms with Crippen LogP contribution in [0.1, 0.15) is 52.5 Å². The number of carbonyl (C=O) groups is 2. The summed E-state index contributed by atoms with van der Waals surface area (Å²) in [6.07, 6.45) is 4.36. The number of halogens is 3. The molecule has 0 amide bonds. The summed E-state index contributed by atoms with van der Waals surface area (Å²) in [6.45, 7) is 2.79. The first-order valence-corrected chi connectivity index (χ1v) is 13.3. The Morgan fingerprint density at radius 1 is 1.02 bits per heavy atom. The third-order valence-corrected chi connectivity index (χ3v) is 6.47. The minimum Gasteiger partial charge on any atom is -0.487 e. The fourth-order valence-corrected chi connectivity index (χ4v) is 4.06.